The van der Waals surface area contributed by atoms with Crippen molar-refractivity contribution >= 4 is 11.9 Å². The molecule has 0 spiro atoms. The van der Waals surface area contributed by atoms with Gasteiger partial charge in [0.25, 0.3) is 0 Å². The minimum absolute atomic E-state index is 0.0845. The van der Waals surface area contributed by atoms with Crippen LogP contribution >= 0.6 is 0 Å². The minimum atomic E-state index is -1.33. The lowest BCUT2D eigenvalue weighted by Gasteiger charge is -2.13. The van der Waals surface area contributed by atoms with Gasteiger partial charge in [-0.25, -0.2) is 4.79 Å². The Kier molecular flexibility index (Phi) is 4.70. The van der Waals surface area contributed by atoms with Gasteiger partial charge in [-0.3, -0.25) is 4.79 Å². The van der Waals surface area contributed by atoms with Crippen molar-refractivity contribution in [2.24, 2.45) is 0 Å². The molecule has 3 unspecified atom stereocenters. The Morgan fingerprint density at radius 3 is 2.75 bits per heavy atom. The second-order valence-corrected chi connectivity index (χ2v) is 3.80. The summed E-state index contributed by atoms with van der Waals surface area (Å²) in [7, 11) is 1.18. The smallest absolute Gasteiger partial charge is 0.336 e. The van der Waals surface area contributed by atoms with Gasteiger partial charge in [-0.15, -0.1) is 0 Å². The van der Waals surface area contributed by atoms with E-state index in [-0.39, 0.29) is 18.6 Å². The molecule has 0 saturated carbocycles. The topological polar surface area (TPSA) is 84.9 Å². The van der Waals surface area contributed by atoms with E-state index in [9.17, 15) is 14.7 Å². The zero-order valence-corrected chi connectivity index (χ0v) is 9.43. The predicted molar refractivity (Wildman–Crippen MR) is 54.6 cm³/mol. The Labute approximate surface area is 93.9 Å². The SMILES string of the molecule is COC(=O)C(O)CNC(=O)C1CCC(C)O1. The summed E-state index contributed by atoms with van der Waals surface area (Å²) in [5.74, 6) is -1.06. The molecule has 1 saturated heterocycles. The third kappa shape index (κ3) is 3.46. The fourth-order valence-electron chi connectivity index (χ4n) is 1.53. The summed E-state index contributed by atoms with van der Waals surface area (Å²) in [6.45, 7) is 1.75. The summed E-state index contributed by atoms with van der Waals surface area (Å²) in [5, 5.41) is 11.7. The monoisotopic (exact) mass is 231 g/mol. The average Bonchev–Trinajstić information content (AvgIpc) is 2.71. The van der Waals surface area contributed by atoms with Crippen LogP contribution in [0.4, 0.5) is 0 Å². The summed E-state index contributed by atoms with van der Waals surface area (Å²) >= 11 is 0. The van der Waals surface area contributed by atoms with Crippen LogP contribution in [0.3, 0.4) is 0 Å². The number of rotatable bonds is 4. The standard InChI is InChI=1S/C10H17NO5/c1-6-3-4-8(16-6)9(13)11-5-7(12)10(14)15-2/h6-8,12H,3-5H2,1-2H3,(H,11,13). The molecule has 16 heavy (non-hydrogen) atoms. The first kappa shape index (κ1) is 12.9. The molecule has 0 radical (unpaired) electrons. The fourth-order valence-corrected chi connectivity index (χ4v) is 1.53. The molecule has 0 aromatic heterocycles. The Balaban J connectivity index is 2.27. The van der Waals surface area contributed by atoms with Crippen molar-refractivity contribution in [3.05, 3.63) is 0 Å². The highest BCUT2D eigenvalue weighted by molar-refractivity contribution is 5.82. The van der Waals surface area contributed by atoms with Crippen molar-refractivity contribution in [3.63, 3.8) is 0 Å². The van der Waals surface area contributed by atoms with Gasteiger partial charge in [0.1, 0.15) is 6.10 Å². The van der Waals surface area contributed by atoms with Crippen LogP contribution in [-0.4, -0.2) is 48.9 Å². The van der Waals surface area contributed by atoms with E-state index >= 15 is 0 Å². The largest absolute Gasteiger partial charge is 0.467 e. The molecule has 6 nitrogen and oxygen atoms in total. The Bertz CT molecular complexity index is 268. The van der Waals surface area contributed by atoms with E-state index in [4.69, 9.17) is 4.74 Å². The molecule has 92 valence electrons. The molecule has 0 aliphatic carbocycles. The first-order chi connectivity index (χ1) is 7.54. The predicted octanol–water partition coefficient (Wildman–Crippen LogP) is -0.796. The van der Waals surface area contributed by atoms with Gasteiger partial charge in [-0.2, -0.15) is 0 Å². The molecule has 1 rings (SSSR count). The number of carbonyl (C=O) groups excluding carboxylic acids is 2. The van der Waals surface area contributed by atoms with Gasteiger partial charge in [-0.1, -0.05) is 0 Å². The van der Waals surface area contributed by atoms with Crippen LogP contribution in [-0.2, 0) is 19.1 Å². The van der Waals surface area contributed by atoms with E-state index in [2.05, 4.69) is 10.1 Å². The van der Waals surface area contributed by atoms with Gasteiger partial charge in [0.05, 0.1) is 19.8 Å². The number of carbonyl (C=O) groups is 2. The van der Waals surface area contributed by atoms with Gasteiger partial charge >= 0.3 is 5.97 Å². The number of esters is 1. The molecule has 6 heteroatoms. The third-order valence-electron chi connectivity index (χ3n) is 2.47. The molecule has 3 atom stereocenters. The Hall–Kier alpha value is -1.14. The highest BCUT2D eigenvalue weighted by atomic mass is 16.5. The maximum Gasteiger partial charge on any atom is 0.336 e. The van der Waals surface area contributed by atoms with E-state index in [0.29, 0.717) is 6.42 Å². The first-order valence-corrected chi connectivity index (χ1v) is 5.23. The Morgan fingerprint density at radius 1 is 1.56 bits per heavy atom. The summed E-state index contributed by atoms with van der Waals surface area (Å²) in [6, 6.07) is 0. The summed E-state index contributed by atoms with van der Waals surface area (Å²) < 4.78 is 9.65. The highest BCUT2D eigenvalue weighted by Gasteiger charge is 2.28. The van der Waals surface area contributed by atoms with E-state index < -0.39 is 18.2 Å². The minimum Gasteiger partial charge on any atom is -0.467 e. The zero-order chi connectivity index (χ0) is 12.1. The number of ether oxygens (including phenoxy) is 2. The molecular weight excluding hydrogens is 214 g/mol. The second kappa shape index (κ2) is 5.81. The van der Waals surface area contributed by atoms with E-state index in [0.717, 1.165) is 6.42 Å². The van der Waals surface area contributed by atoms with Gasteiger partial charge in [0.15, 0.2) is 6.10 Å². The number of methoxy groups -OCH3 is 1. The Morgan fingerprint density at radius 2 is 2.25 bits per heavy atom. The number of hydrogen-bond acceptors (Lipinski definition) is 5. The molecular formula is C10H17NO5. The summed E-state index contributed by atoms with van der Waals surface area (Å²) in [4.78, 5) is 22.3. The van der Waals surface area contributed by atoms with Crippen molar-refractivity contribution in [2.75, 3.05) is 13.7 Å². The molecule has 1 aliphatic rings. The molecule has 0 bridgehead atoms. The molecule has 1 heterocycles. The van der Waals surface area contributed by atoms with Crippen LogP contribution in [0.25, 0.3) is 0 Å². The number of aliphatic hydroxyl groups is 1. The highest BCUT2D eigenvalue weighted by Crippen LogP contribution is 2.18. The fraction of sp³-hybridized carbons (Fsp3) is 0.800. The van der Waals surface area contributed by atoms with Crippen LogP contribution in [0.1, 0.15) is 19.8 Å². The normalized spacial score (nSPS) is 26.2. The first-order valence-electron chi connectivity index (χ1n) is 5.23. The van der Waals surface area contributed by atoms with Crippen LogP contribution in [0, 0.1) is 0 Å². The number of aliphatic hydroxyl groups excluding tert-OH is 1. The van der Waals surface area contributed by atoms with Crippen LogP contribution in [0.5, 0.6) is 0 Å². The van der Waals surface area contributed by atoms with Crippen molar-refractivity contribution in [1.29, 1.82) is 0 Å². The van der Waals surface area contributed by atoms with Gasteiger partial charge in [-0.05, 0) is 19.8 Å². The number of hydrogen-bond donors (Lipinski definition) is 2. The van der Waals surface area contributed by atoms with E-state index in [1.165, 1.54) is 7.11 Å². The van der Waals surface area contributed by atoms with Crippen molar-refractivity contribution in [2.45, 2.75) is 38.1 Å². The maximum atomic E-state index is 11.5. The average molecular weight is 231 g/mol. The van der Waals surface area contributed by atoms with Crippen LogP contribution < -0.4 is 5.32 Å². The van der Waals surface area contributed by atoms with E-state index in [1.54, 1.807) is 0 Å². The molecule has 0 aromatic carbocycles. The molecule has 0 aromatic rings. The lowest BCUT2D eigenvalue weighted by atomic mass is 10.2. The summed E-state index contributed by atoms with van der Waals surface area (Å²) in [6.07, 6.45) is -0.201. The molecule has 2 N–H and O–H groups in total. The molecule has 1 aliphatic heterocycles. The zero-order valence-electron chi connectivity index (χ0n) is 9.43. The van der Waals surface area contributed by atoms with Gasteiger partial charge in [0, 0.05) is 0 Å². The molecule has 1 fully saturated rings. The van der Waals surface area contributed by atoms with Gasteiger partial charge in [0.2, 0.25) is 5.91 Å². The molecule has 1 amide bonds. The number of nitrogens with one attached hydrogen (secondary N) is 1. The van der Waals surface area contributed by atoms with Crippen molar-refractivity contribution < 1.29 is 24.2 Å². The van der Waals surface area contributed by atoms with Gasteiger partial charge < -0.3 is 19.9 Å². The quantitative estimate of drug-likeness (QED) is 0.619. The van der Waals surface area contributed by atoms with Crippen LogP contribution in [0.2, 0.25) is 0 Å². The van der Waals surface area contributed by atoms with Crippen molar-refractivity contribution in [3.8, 4) is 0 Å². The second-order valence-electron chi connectivity index (χ2n) is 3.80. The van der Waals surface area contributed by atoms with Crippen LogP contribution in [0.15, 0.2) is 0 Å². The third-order valence-corrected chi connectivity index (χ3v) is 2.47. The van der Waals surface area contributed by atoms with E-state index in [1.807, 2.05) is 6.92 Å². The number of amides is 1. The lowest BCUT2D eigenvalue weighted by molar-refractivity contribution is -0.150. The summed E-state index contributed by atoms with van der Waals surface area (Å²) in [5.41, 5.74) is 0. The lowest BCUT2D eigenvalue weighted by Crippen LogP contribution is -2.41. The van der Waals surface area contributed by atoms with Crippen molar-refractivity contribution in [1.82, 2.24) is 5.32 Å². The maximum absolute atomic E-state index is 11.5.